The largest absolute Gasteiger partial charge is 0.360 e. The number of hydrogen-bond acceptors (Lipinski definition) is 6. The maximum Gasteiger partial charge on any atom is 0.167 e. The van der Waals surface area contributed by atoms with Crippen molar-refractivity contribution >= 4 is 0 Å². The molecule has 0 radical (unpaired) electrons. The average molecular weight is 148 g/mol. The lowest BCUT2D eigenvalue weighted by Gasteiger charge is -2.05. The summed E-state index contributed by atoms with van der Waals surface area (Å²) >= 11 is 0. The molecule has 0 rings (SSSR count). The van der Waals surface area contributed by atoms with E-state index in [9.17, 15) is 9.81 Å². The second-order valence-corrected chi connectivity index (χ2v) is 1.58. The van der Waals surface area contributed by atoms with Gasteiger partial charge in [-0.2, -0.15) is 0 Å². The van der Waals surface area contributed by atoms with E-state index in [-0.39, 0.29) is 6.61 Å². The lowest BCUT2D eigenvalue weighted by molar-refractivity contribution is -0.0179. The Kier molecular flexibility index (Phi) is 5.22. The highest BCUT2D eigenvalue weighted by Crippen LogP contribution is 1.98. The second-order valence-electron chi connectivity index (χ2n) is 1.58. The van der Waals surface area contributed by atoms with E-state index in [1.807, 2.05) is 0 Å². The number of rotatable bonds is 6. The highest BCUT2D eigenvalue weighted by atomic mass is 16.8. The molecule has 0 amide bonds. The first-order valence-corrected chi connectivity index (χ1v) is 2.78. The molecular formula is C4H8N2O4. The predicted octanol–water partition coefficient (Wildman–Crippen LogP) is 1.16. The van der Waals surface area contributed by atoms with E-state index in [0.717, 1.165) is 0 Å². The summed E-state index contributed by atoms with van der Waals surface area (Å²) in [5, 5.41) is 4.32. The van der Waals surface area contributed by atoms with Crippen LogP contribution >= 0.6 is 0 Å². The molecule has 0 bridgehead atoms. The molecule has 10 heavy (non-hydrogen) atoms. The van der Waals surface area contributed by atoms with Gasteiger partial charge in [0.25, 0.3) is 0 Å². The van der Waals surface area contributed by atoms with Gasteiger partial charge in [-0.25, -0.2) is 0 Å². The standard InChI is InChI=1S/C4H8N2O4/c1-2-4(10-6-8)3-9-5-7/h4H,2-3H2,1H3. The Morgan fingerprint density at radius 3 is 2.50 bits per heavy atom. The monoisotopic (exact) mass is 148 g/mol. The third-order valence-corrected chi connectivity index (χ3v) is 0.961. The average Bonchev–Trinajstić information content (AvgIpc) is 1.98. The molecule has 6 nitrogen and oxygen atoms in total. The summed E-state index contributed by atoms with van der Waals surface area (Å²) in [5.41, 5.74) is 0. The summed E-state index contributed by atoms with van der Waals surface area (Å²) < 4.78 is 0. The molecule has 0 aliphatic heterocycles. The van der Waals surface area contributed by atoms with Crippen LogP contribution in [0.1, 0.15) is 13.3 Å². The molecule has 0 heterocycles. The maximum absolute atomic E-state index is 9.50. The lowest BCUT2D eigenvalue weighted by Crippen LogP contribution is -2.14. The molecule has 0 spiro atoms. The third kappa shape index (κ3) is 3.76. The molecule has 0 aromatic rings. The van der Waals surface area contributed by atoms with Crippen molar-refractivity contribution in [1.82, 2.24) is 0 Å². The molecule has 0 N–H and O–H groups in total. The highest BCUT2D eigenvalue weighted by Gasteiger charge is 2.07. The number of hydrogen-bond donors (Lipinski definition) is 0. The van der Waals surface area contributed by atoms with Gasteiger partial charge in [0.05, 0.1) is 0 Å². The fourth-order valence-corrected chi connectivity index (χ4v) is 0.397. The molecule has 0 aromatic carbocycles. The van der Waals surface area contributed by atoms with Crippen molar-refractivity contribution in [3.05, 3.63) is 9.81 Å². The van der Waals surface area contributed by atoms with Gasteiger partial charge in [-0.3, -0.25) is 0 Å². The number of nitrogens with zero attached hydrogens (tertiary/aromatic N) is 2. The van der Waals surface area contributed by atoms with Crippen LogP contribution < -0.4 is 0 Å². The van der Waals surface area contributed by atoms with Gasteiger partial charge in [-0.1, -0.05) is 6.92 Å². The van der Waals surface area contributed by atoms with Gasteiger partial charge >= 0.3 is 0 Å². The van der Waals surface area contributed by atoms with Crippen LogP contribution in [0.25, 0.3) is 0 Å². The van der Waals surface area contributed by atoms with Crippen LogP contribution in [-0.4, -0.2) is 12.7 Å². The van der Waals surface area contributed by atoms with E-state index in [1.54, 1.807) is 6.92 Å². The van der Waals surface area contributed by atoms with Gasteiger partial charge in [-0.05, 0) is 6.42 Å². The van der Waals surface area contributed by atoms with E-state index < -0.39 is 6.10 Å². The van der Waals surface area contributed by atoms with Crippen LogP contribution in [0, 0.1) is 9.81 Å². The molecule has 0 saturated carbocycles. The first kappa shape index (κ1) is 8.80. The molecule has 6 heteroatoms. The normalized spacial score (nSPS) is 11.7. The van der Waals surface area contributed by atoms with Crippen molar-refractivity contribution in [1.29, 1.82) is 0 Å². The Bertz CT molecular complexity index is 107. The summed E-state index contributed by atoms with van der Waals surface area (Å²) in [6.07, 6.45) is 0.0662. The molecule has 0 fully saturated rings. The lowest BCUT2D eigenvalue weighted by atomic mass is 10.3. The van der Waals surface area contributed by atoms with Crippen molar-refractivity contribution in [2.75, 3.05) is 6.61 Å². The van der Waals surface area contributed by atoms with E-state index in [1.165, 1.54) is 0 Å². The van der Waals surface area contributed by atoms with Gasteiger partial charge in [0.1, 0.15) is 0 Å². The Balaban J connectivity index is 3.38. The van der Waals surface area contributed by atoms with Gasteiger partial charge in [0.15, 0.2) is 23.4 Å². The summed E-state index contributed by atoms with van der Waals surface area (Å²) in [7, 11) is 0. The Morgan fingerprint density at radius 2 is 2.10 bits per heavy atom. The highest BCUT2D eigenvalue weighted by molar-refractivity contribution is 4.49. The van der Waals surface area contributed by atoms with Gasteiger partial charge < -0.3 is 9.68 Å². The minimum absolute atomic E-state index is 0.0360. The SMILES string of the molecule is CCC(CON=O)ON=O. The maximum atomic E-state index is 9.50. The molecule has 58 valence electrons. The van der Waals surface area contributed by atoms with Crippen molar-refractivity contribution in [3.63, 3.8) is 0 Å². The topological polar surface area (TPSA) is 77.3 Å². The van der Waals surface area contributed by atoms with E-state index in [4.69, 9.17) is 0 Å². The molecule has 0 aromatic heterocycles. The summed E-state index contributed by atoms with van der Waals surface area (Å²) in [6.45, 7) is 1.73. The van der Waals surface area contributed by atoms with Crippen molar-refractivity contribution in [2.45, 2.75) is 19.4 Å². The van der Waals surface area contributed by atoms with Gasteiger partial charge in [0, 0.05) is 0 Å². The van der Waals surface area contributed by atoms with Crippen molar-refractivity contribution in [2.24, 2.45) is 10.7 Å². The molecule has 0 aliphatic carbocycles. The van der Waals surface area contributed by atoms with Crippen LogP contribution in [0.4, 0.5) is 0 Å². The van der Waals surface area contributed by atoms with E-state index in [2.05, 4.69) is 20.4 Å². The van der Waals surface area contributed by atoms with Crippen molar-refractivity contribution < 1.29 is 9.68 Å². The molecule has 0 saturated heterocycles. The summed E-state index contributed by atoms with van der Waals surface area (Å²) in [6, 6.07) is 0. The van der Waals surface area contributed by atoms with Crippen LogP contribution in [-0.2, 0) is 9.68 Å². The van der Waals surface area contributed by atoms with Gasteiger partial charge in [0.2, 0.25) is 0 Å². The first-order chi connectivity index (χ1) is 4.85. The minimum Gasteiger partial charge on any atom is -0.360 e. The zero-order valence-corrected chi connectivity index (χ0v) is 5.52. The second kappa shape index (κ2) is 5.93. The van der Waals surface area contributed by atoms with Gasteiger partial charge in [-0.15, -0.1) is 9.81 Å². The first-order valence-electron chi connectivity index (χ1n) is 2.78. The zero-order chi connectivity index (χ0) is 7.82. The Hall–Kier alpha value is -1.20. The Morgan fingerprint density at radius 1 is 1.40 bits per heavy atom. The summed E-state index contributed by atoms with van der Waals surface area (Å²) in [5.74, 6) is 0. The Labute approximate surface area is 57.4 Å². The van der Waals surface area contributed by atoms with Crippen LogP contribution in [0.3, 0.4) is 0 Å². The van der Waals surface area contributed by atoms with E-state index in [0.29, 0.717) is 6.42 Å². The molecular weight excluding hydrogens is 140 g/mol. The van der Waals surface area contributed by atoms with E-state index >= 15 is 0 Å². The predicted molar refractivity (Wildman–Crippen MR) is 32.7 cm³/mol. The van der Waals surface area contributed by atoms with Crippen molar-refractivity contribution in [3.8, 4) is 0 Å². The smallest absolute Gasteiger partial charge is 0.167 e. The third-order valence-electron chi connectivity index (χ3n) is 0.961. The zero-order valence-electron chi connectivity index (χ0n) is 5.52. The molecule has 0 aliphatic rings. The fourth-order valence-electron chi connectivity index (χ4n) is 0.397. The minimum atomic E-state index is -0.477. The molecule has 1 unspecified atom stereocenters. The van der Waals surface area contributed by atoms with Crippen LogP contribution in [0.2, 0.25) is 0 Å². The van der Waals surface area contributed by atoms with Crippen LogP contribution in [0.5, 0.6) is 0 Å². The molecule has 1 atom stereocenters. The summed E-state index contributed by atoms with van der Waals surface area (Å²) in [4.78, 5) is 27.2. The quantitative estimate of drug-likeness (QED) is 0.418. The fraction of sp³-hybridized carbons (Fsp3) is 1.00. The van der Waals surface area contributed by atoms with Crippen LogP contribution in [0.15, 0.2) is 10.7 Å².